The molecule has 0 saturated carbocycles. The predicted octanol–water partition coefficient (Wildman–Crippen LogP) is 2.32. The van der Waals surface area contributed by atoms with Gasteiger partial charge in [-0.3, -0.25) is 0 Å². The van der Waals surface area contributed by atoms with Crippen molar-refractivity contribution in [3.8, 4) is 0 Å². The van der Waals surface area contributed by atoms with Gasteiger partial charge in [-0.1, -0.05) is 0 Å². The molecule has 10 heavy (non-hydrogen) atoms. The molecule has 0 aliphatic rings. The van der Waals surface area contributed by atoms with Crippen LogP contribution in [0.5, 0.6) is 0 Å². The summed E-state index contributed by atoms with van der Waals surface area (Å²) in [6, 6.07) is 6.78. The normalized spacial score (nSPS) is 9.10. The second kappa shape index (κ2) is 3.64. The molecule has 0 nitrogen and oxygen atoms in total. The topological polar surface area (TPSA) is 0 Å². The monoisotopic (exact) mass is 248 g/mol. The van der Waals surface area contributed by atoms with E-state index in [0.29, 0.717) is 0 Å². The Hall–Kier alpha value is 0.323. The average molecular weight is 250 g/mol. The number of benzene rings is 1. The van der Waals surface area contributed by atoms with Crippen LogP contribution in [0.15, 0.2) is 18.2 Å². The minimum atomic E-state index is -0.522. The fourth-order valence-electron chi connectivity index (χ4n) is 1.15. The fraction of sp³-hybridized carbons (Fsp3) is 0.250. The molecule has 0 fully saturated rings. The van der Waals surface area contributed by atoms with Crippen molar-refractivity contribution in [2.45, 2.75) is 13.8 Å². The van der Waals surface area contributed by atoms with Crippen LogP contribution in [0.3, 0.4) is 0 Å². The van der Waals surface area contributed by atoms with E-state index in [9.17, 15) is 0 Å². The molecule has 0 bridgehead atoms. The van der Waals surface area contributed by atoms with E-state index >= 15 is 0 Å². The van der Waals surface area contributed by atoms with Crippen LogP contribution in [0.25, 0.3) is 0 Å². The van der Waals surface area contributed by atoms with Crippen LogP contribution in [-0.2, 0) is 15.2 Å². The molecule has 0 saturated heterocycles. The third kappa shape index (κ3) is 2.18. The quantitative estimate of drug-likeness (QED) is 0.671. The molecular weight excluding hydrogens is 241 g/mol. The van der Waals surface area contributed by atoms with Gasteiger partial charge in [0.25, 0.3) is 0 Å². The van der Waals surface area contributed by atoms with Crippen LogP contribution >= 0.6 is 13.6 Å². The van der Waals surface area contributed by atoms with Gasteiger partial charge in [0.2, 0.25) is 0 Å². The summed E-state index contributed by atoms with van der Waals surface area (Å²) in [5.74, 6) is 0. The number of aryl methyl sites for hydroxylation is 2. The van der Waals surface area contributed by atoms with E-state index in [-0.39, 0.29) is 0 Å². The van der Waals surface area contributed by atoms with Crippen LogP contribution in [0, 0.1) is 13.8 Å². The summed E-state index contributed by atoms with van der Waals surface area (Å²) in [5.41, 5.74) is 2.78. The Balaban J connectivity index is 3.06. The molecule has 1 rings (SSSR count). The van der Waals surface area contributed by atoms with Gasteiger partial charge in [0.15, 0.2) is 0 Å². The summed E-state index contributed by atoms with van der Waals surface area (Å²) in [5, 5.41) is 0. The molecule has 0 radical (unpaired) electrons. The van der Waals surface area contributed by atoms with Crippen molar-refractivity contribution in [3.05, 3.63) is 29.3 Å². The number of halogens is 1. The maximum absolute atomic E-state index is 3.61. The van der Waals surface area contributed by atoms with E-state index in [4.69, 9.17) is 0 Å². The van der Waals surface area contributed by atoms with E-state index in [2.05, 4.69) is 45.7 Å². The van der Waals surface area contributed by atoms with Crippen LogP contribution in [0.4, 0.5) is 0 Å². The first-order valence-corrected chi connectivity index (χ1v) is 11.8. The Kier molecular flexibility index (Phi) is 3.06. The zero-order chi connectivity index (χ0) is 7.56. The molecule has 0 amide bonds. The molecule has 2 heteroatoms. The van der Waals surface area contributed by atoms with Crippen LogP contribution in [0.1, 0.15) is 11.1 Å². The average Bonchev–Trinajstić information content (AvgIpc) is 1.85. The maximum atomic E-state index is 3.61. The van der Waals surface area contributed by atoms with Crippen molar-refractivity contribution in [2.24, 2.45) is 0 Å². The Morgan fingerprint density at radius 1 is 1.10 bits per heavy atom. The zero-order valence-corrected chi connectivity index (χ0v) is 10.9. The zero-order valence-electron chi connectivity index (χ0n) is 6.32. The summed E-state index contributed by atoms with van der Waals surface area (Å²) in [6.45, 7) is 4.31. The second-order valence-electron chi connectivity index (χ2n) is 2.63. The Labute approximate surface area is 76.0 Å². The third-order valence-corrected chi connectivity index (χ3v) is 6.30. The second-order valence-corrected chi connectivity index (χ2v) is 7.82. The van der Waals surface area contributed by atoms with Gasteiger partial charge in [-0.25, -0.2) is 0 Å². The molecule has 1 aromatic rings. The van der Waals surface area contributed by atoms with E-state index in [1.54, 1.807) is 4.16 Å². The Bertz CT molecular complexity index is 212. The Morgan fingerprint density at radius 2 is 1.60 bits per heavy atom. The fourth-order valence-corrected chi connectivity index (χ4v) is 4.50. The van der Waals surface area contributed by atoms with Crippen molar-refractivity contribution in [2.75, 3.05) is 0 Å². The Morgan fingerprint density at radius 3 is 2.00 bits per heavy atom. The van der Waals surface area contributed by atoms with Gasteiger partial charge in [0.05, 0.1) is 0 Å². The predicted molar refractivity (Wildman–Crippen MR) is 44.5 cm³/mol. The molecule has 0 heterocycles. The third-order valence-electron chi connectivity index (χ3n) is 1.44. The van der Waals surface area contributed by atoms with Crippen molar-refractivity contribution in [1.29, 1.82) is 0 Å². The standard InChI is InChI=1S/C8H9.BrH.Zn/c1-7-4-3-5-8(2)6-7;;/h4-6H,1-2H3;1H;/q;;+1/p-1. The van der Waals surface area contributed by atoms with Gasteiger partial charge in [0, 0.05) is 0 Å². The SMILES string of the molecule is Cc1cc(C)c[c]([Zn][Br])c1. The first kappa shape index (κ1) is 8.42. The van der Waals surface area contributed by atoms with Gasteiger partial charge < -0.3 is 0 Å². The van der Waals surface area contributed by atoms with Gasteiger partial charge in [-0.2, -0.15) is 0 Å². The molecule has 1 aromatic carbocycles. The van der Waals surface area contributed by atoms with Crippen LogP contribution in [-0.4, -0.2) is 0 Å². The van der Waals surface area contributed by atoms with E-state index in [0.717, 1.165) is 0 Å². The summed E-state index contributed by atoms with van der Waals surface area (Å²) in [7, 11) is 0. The summed E-state index contributed by atoms with van der Waals surface area (Å²) in [4.78, 5) is 0. The van der Waals surface area contributed by atoms with E-state index in [1.807, 2.05) is 0 Å². The molecule has 0 spiro atoms. The van der Waals surface area contributed by atoms with Gasteiger partial charge in [-0.05, 0) is 0 Å². The molecule has 0 unspecified atom stereocenters. The van der Waals surface area contributed by atoms with Crippen molar-refractivity contribution < 1.29 is 15.2 Å². The van der Waals surface area contributed by atoms with Crippen LogP contribution < -0.4 is 4.16 Å². The first-order chi connectivity index (χ1) is 4.72. The molecule has 0 aliphatic carbocycles. The molecular formula is C8H9BrZn. The van der Waals surface area contributed by atoms with E-state index in [1.165, 1.54) is 11.1 Å². The molecule has 0 N–H and O–H groups in total. The minimum absolute atomic E-state index is 0.522. The van der Waals surface area contributed by atoms with Crippen LogP contribution in [0.2, 0.25) is 0 Å². The summed E-state index contributed by atoms with van der Waals surface area (Å²) >= 11 is 3.09. The summed E-state index contributed by atoms with van der Waals surface area (Å²) < 4.78 is 1.55. The van der Waals surface area contributed by atoms with Crippen molar-refractivity contribution >= 4 is 17.8 Å². The molecule has 50 valence electrons. The van der Waals surface area contributed by atoms with Gasteiger partial charge in [-0.15, -0.1) is 0 Å². The molecule has 0 aromatic heterocycles. The molecule has 0 atom stereocenters. The number of hydrogen-bond acceptors (Lipinski definition) is 0. The first-order valence-electron chi connectivity index (χ1n) is 3.35. The van der Waals surface area contributed by atoms with Crippen molar-refractivity contribution in [3.63, 3.8) is 0 Å². The van der Waals surface area contributed by atoms with Gasteiger partial charge in [0.1, 0.15) is 0 Å². The van der Waals surface area contributed by atoms with Crippen molar-refractivity contribution in [1.82, 2.24) is 0 Å². The van der Waals surface area contributed by atoms with E-state index < -0.39 is 15.2 Å². The van der Waals surface area contributed by atoms with Gasteiger partial charge >= 0.3 is 76.1 Å². The molecule has 0 aliphatic heterocycles. The summed E-state index contributed by atoms with van der Waals surface area (Å²) in [6.07, 6.45) is 0. The number of hydrogen-bond donors (Lipinski definition) is 0. The number of rotatable bonds is 1.